The topological polar surface area (TPSA) is 92.1 Å². The number of nitrogens with zero attached hydrogens (tertiary/aromatic N) is 7. The molecule has 4 aromatic heterocycles. The molecule has 37 heavy (non-hydrogen) atoms. The van der Waals surface area contributed by atoms with Gasteiger partial charge in [0.15, 0.2) is 5.82 Å². The van der Waals surface area contributed by atoms with E-state index < -0.39 is 5.82 Å². The number of pyridine rings is 2. The third-order valence-electron chi connectivity index (χ3n) is 7.94. The first-order chi connectivity index (χ1) is 17.9. The van der Waals surface area contributed by atoms with Gasteiger partial charge >= 0.3 is 0 Å². The molecule has 0 atom stereocenters. The molecule has 2 fully saturated rings. The van der Waals surface area contributed by atoms with Crippen LogP contribution in [-0.2, 0) is 4.79 Å². The number of hydrogen-bond donors (Lipinski definition) is 0. The number of halogens is 1. The number of piperidine rings is 1. The van der Waals surface area contributed by atoms with Gasteiger partial charge in [0.2, 0.25) is 5.91 Å². The molecule has 6 rings (SSSR count). The molecule has 5 heterocycles. The molecular formula is C27H26FN7OS. The Balaban J connectivity index is 1.30. The van der Waals surface area contributed by atoms with E-state index in [0.29, 0.717) is 27.4 Å². The largest absolute Gasteiger partial charge is 0.343 e. The van der Waals surface area contributed by atoms with Crippen LogP contribution in [0.25, 0.3) is 16.6 Å². The summed E-state index contributed by atoms with van der Waals surface area (Å²) in [6.07, 6.45) is 11.1. The van der Waals surface area contributed by atoms with Crippen LogP contribution in [0.4, 0.5) is 4.39 Å². The first-order valence-electron chi connectivity index (χ1n) is 12.4. The van der Waals surface area contributed by atoms with Crippen LogP contribution in [0.2, 0.25) is 0 Å². The van der Waals surface area contributed by atoms with Crippen molar-refractivity contribution < 1.29 is 9.18 Å². The molecule has 0 aromatic carbocycles. The van der Waals surface area contributed by atoms with Gasteiger partial charge in [0, 0.05) is 54.1 Å². The van der Waals surface area contributed by atoms with Crippen molar-refractivity contribution in [1.29, 1.82) is 5.26 Å². The molecule has 1 saturated heterocycles. The molecule has 0 unspecified atom stereocenters. The summed E-state index contributed by atoms with van der Waals surface area (Å²) in [6.45, 7) is 5.41. The molecule has 0 radical (unpaired) electrons. The normalized spacial score (nSPS) is 17.2. The van der Waals surface area contributed by atoms with Gasteiger partial charge in [0.1, 0.15) is 11.1 Å². The SMILES string of the molecule is CC(=O)N1CCC2(CC1)CC(n1ncc(-c3cc(Sc4ncccc4F)c4c(C#N)cnn4c3)c1C)C2. The number of rotatable bonds is 4. The maximum Gasteiger partial charge on any atom is 0.219 e. The lowest BCUT2D eigenvalue weighted by atomic mass is 9.60. The zero-order valence-corrected chi connectivity index (χ0v) is 21.5. The Kier molecular flexibility index (Phi) is 5.75. The zero-order chi connectivity index (χ0) is 25.7. The average molecular weight is 516 g/mol. The van der Waals surface area contributed by atoms with Gasteiger partial charge in [-0.3, -0.25) is 9.48 Å². The van der Waals surface area contributed by atoms with E-state index in [-0.39, 0.29) is 10.9 Å². The molecule has 0 N–H and O–H groups in total. The summed E-state index contributed by atoms with van der Waals surface area (Å²) < 4.78 is 18.2. The van der Waals surface area contributed by atoms with E-state index in [0.717, 1.165) is 55.6 Å². The van der Waals surface area contributed by atoms with E-state index in [1.807, 2.05) is 23.4 Å². The first kappa shape index (κ1) is 23.7. The van der Waals surface area contributed by atoms with Crippen LogP contribution in [0.15, 0.2) is 52.9 Å². The third-order valence-corrected chi connectivity index (χ3v) is 8.96. The summed E-state index contributed by atoms with van der Waals surface area (Å²) in [5.41, 5.74) is 4.30. The Morgan fingerprint density at radius 3 is 2.73 bits per heavy atom. The molecule has 10 heteroatoms. The molecule has 1 saturated carbocycles. The number of carbonyl (C=O) groups is 1. The van der Waals surface area contributed by atoms with Gasteiger partial charge in [-0.2, -0.15) is 15.5 Å². The minimum absolute atomic E-state index is 0.164. The van der Waals surface area contributed by atoms with Crippen molar-refractivity contribution >= 4 is 23.2 Å². The highest BCUT2D eigenvalue weighted by Gasteiger charge is 2.47. The maximum atomic E-state index is 14.4. The molecule has 1 amide bonds. The van der Waals surface area contributed by atoms with Crippen LogP contribution in [0.5, 0.6) is 0 Å². The highest BCUT2D eigenvalue weighted by atomic mass is 32.2. The van der Waals surface area contributed by atoms with E-state index in [2.05, 4.69) is 27.8 Å². The van der Waals surface area contributed by atoms with Crippen LogP contribution in [0.3, 0.4) is 0 Å². The number of carbonyl (C=O) groups excluding carboxylic acids is 1. The lowest BCUT2D eigenvalue weighted by Crippen LogP contribution is -2.48. The number of aromatic nitrogens is 5. The van der Waals surface area contributed by atoms with E-state index in [1.165, 1.54) is 24.0 Å². The van der Waals surface area contributed by atoms with Crippen molar-refractivity contribution in [3.8, 4) is 17.2 Å². The lowest BCUT2D eigenvalue weighted by Gasteiger charge is -2.52. The molecular weight excluding hydrogens is 489 g/mol. The summed E-state index contributed by atoms with van der Waals surface area (Å²) in [5.74, 6) is -0.247. The Labute approximate surface area is 218 Å². The van der Waals surface area contributed by atoms with Crippen LogP contribution in [0, 0.1) is 29.5 Å². The van der Waals surface area contributed by atoms with Crippen LogP contribution in [0.1, 0.15) is 49.9 Å². The van der Waals surface area contributed by atoms with Gasteiger partial charge < -0.3 is 4.90 Å². The second-order valence-electron chi connectivity index (χ2n) is 10.1. The Morgan fingerprint density at radius 1 is 1.24 bits per heavy atom. The molecule has 8 nitrogen and oxygen atoms in total. The van der Waals surface area contributed by atoms with Crippen LogP contribution < -0.4 is 0 Å². The highest BCUT2D eigenvalue weighted by molar-refractivity contribution is 7.99. The minimum Gasteiger partial charge on any atom is -0.343 e. The number of fused-ring (bicyclic) bond motifs is 1. The van der Waals surface area contributed by atoms with Crippen molar-refractivity contribution in [3.63, 3.8) is 0 Å². The highest BCUT2D eigenvalue weighted by Crippen LogP contribution is 2.55. The summed E-state index contributed by atoms with van der Waals surface area (Å²) in [4.78, 5) is 18.5. The van der Waals surface area contributed by atoms with Gasteiger partial charge in [-0.1, -0.05) is 11.8 Å². The smallest absolute Gasteiger partial charge is 0.219 e. The second kappa shape index (κ2) is 8.99. The van der Waals surface area contributed by atoms with Gasteiger partial charge in [0.25, 0.3) is 0 Å². The number of nitriles is 1. The lowest BCUT2D eigenvalue weighted by molar-refractivity contribution is -0.132. The number of likely N-dealkylation sites (tertiary alicyclic amines) is 1. The monoisotopic (exact) mass is 515 g/mol. The summed E-state index contributed by atoms with van der Waals surface area (Å²) in [5, 5.41) is 19.0. The van der Waals surface area contributed by atoms with E-state index in [1.54, 1.807) is 23.7 Å². The van der Waals surface area contributed by atoms with Crippen molar-refractivity contribution in [2.24, 2.45) is 5.41 Å². The third kappa shape index (κ3) is 4.07. The first-order valence-corrected chi connectivity index (χ1v) is 13.2. The summed E-state index contributed by atoms with van der Waals surface area (Å²) >= 11 is 1.18. The average Bonchev–Trinajstić information content (AvgIpc) is 3.47. The van der Waals surface area contributed by atoms with Crippen LogP contribution in [-0.4, -0.2) is 48.3 Å². The number of amides is 1. The molecule has 1 spiro atoms. The molecule has 188 valence electrons. The molecule has 1 aliphatic carbocycles. The van der Waals surface area contributed by atoms with Gasteiger partial charge in [-0.05, 0) is 56.2 Å². The minimum atomic E-state index is -0.411. The Bertz CT molecular complexity index is 1550. The molecule has 0 bridgehead atoms. The van der Waals surface area contributed by atoms with Crippen molar-refractivity contribution in [3.05, 3.63) is 60.1 Å². The fraction of sp³-hybridized carbons (Fsp3) is 0.370. The zero-order valence-electron chi connectivity index (χ0n) is 20.7. The van der Waals surface area contributed by atoms with Gasteiger partial charge in [0.05, 0.1) is 29.5 Å². The van der Waals surface area contributed by atoms with Gasteiger partial charge in [-0.25, -0.2) is 13.9 Å². The van der Waals surface area contributed by atoms with Gasteiger partial charge in [-0.15, -0.1) is 0 Å². The van der Waals surface area contributed by atoms with E-state index in [4.69, 9.17) is 5.10 Å². The summed E-state index contributed by atoms with van der Waals surface area (Å²) in [7, 11) is 0. The summed E-state index contributed by atoms with van der Waals surface area (Å²) in [6, 6.07) is 7.42. The van der Waals surface area contributed by atoms with E-state index >= 15 is 0 Å². The number of hydrogen-bond acceptors (Lipinski definition) is 6. The molecule has 4 aromatic rings. The molecule has 1 aliphatic heterocycles. The van der Waals surface area contributed by atoms with Crippen LogP contribution >= 0.6 is 11.8 Å². The standard InChI is InChI=1S/C27H26FN7OS/c1-17-22(15-32-35(17)21-11-27(12-21)5-8-33(9-6-27)18(2)36)19-10-24(37-26-23(28)4-3-7-30-26)25-20(13-29)14-31-34(25)16-19/h3-4,7,10,14-16,21H,5-6,8-9,11-12H2,1-2H3. The quantitative estimate of drug-likeness (QED) is 0.379. The molecule has 2 aliphatic rings. The Morgan fingerprint density at radius 2 is 2.03 bits per heavy atom. The van der Waals surface area contributed by atoms with Crippen molar-refractivity contribution in [2.75, 3.05) is 13.1 Å². The fourth-order valence-electron chi connectivity index (χ4n) is 5.83. The predicted molar refractivity (Wildman–Crippen MR) is 136 cm³/mol. The van der Waals surface area contributed by atoms with Crippen molar-refractivity contribution in [2.45, 2.75) is 55.5 Å². The van der Waals surface area contributed by atoms with E-state index in [9.17, 15) is 14.4 Å². The predicted octanol–water partition coefficient (Wildman–Crippen LogP) is 5.03. The fourth-order valence-corrected chi connectivity index (χ4v) is 6.81. The maximum absolute atomic E-state index is 14.4. The second-order valence-corrected chi connectivity index (χ2v) is 11.1. The van der Waals surface area contributed by atoms with Crippen molar-refractivity contribution in [1.82, 2.24) is 29.3 Å². The Hall–Kier alpha value is -3.71.